The molecule has 20 heavy (non-hydrogen) atoms. The SMILES string of the molecule is O=P(O)(OC1CCCCC1)c1cccc2ccccc12. The molecular weight excluding hydrogens is 271 g/mol. The Labute approximate surface area is 119 Å². The summed E-state index contributed by atoms with van der Waals surface area (Å²) in [5.74, 6) is 0. The molecule has 106 valence electrons. The van der Waals surface area contributed by atoms with Gasteiger partial charge >= 0.3 is 7.60 Å². The molecule has 0 aliphatic heterocycles. The first-order chi connectivity index (χ1) is 9.67. The van der Waals surface area contributed by atoms with E-state index in [2.05, 4.69) is 0 Å². The van der Waals surface area contributed by atoms with Crippen LogP contribution in [0, 0.1) is 0 Å². The summed E-state index contributed by atoms with van der Waals surface area (Å²) in [7, 11) is -3.76. The van der Waals surface area contributed by atoms with Crippen LogP contribution in [0.5, 0.6) is 0 Å². The predicted octanol–water partition coefficient (Wildman–Crippen LogP) is 4.00. The normalized spacial score (nSPS) is 19.9. The van der Waals surface area contributed by atoms with Crippen LogP contribution in [0.3, 0.4) is 0 Å². The standard InChI is InChI=1S/C16H19O3P/c17-20(18,19-14-9-2-1-3-10-14)16-12-6-8-13-7-4-5-11-15(13)16/h4-8,11-12,14H,1-3,9-10H2,(H,17,18). The van der Waals surface area contributed by atoms with Crippen molar-refractivity contribution in [2.75, 3.05) is 0 Å². The predicted molar refractivity (Wildman–Crippen MR) is 81.4 cm³/mol. The lowest BCUT2D eigenvalue weighted by molar-refractivity contribution is 0.140. The first kappa shape index (κ1) is 13.8. The molecule has 1 N–H and O–H groups in total. The van der Waals surface area contributed by atoms with E-state index in [0.29, 0.717) is 5.30 Å². The summed E-state index contributed by atoms with van der Waals surface area (Å²) in [4.78, 5) is 10.4. The van der Waals surface area contributed by atoms with Gasteiger partial charge in [0.25, 0.3) is 0 Å². The van der Waals surface area contributed by atoms with Gasteiger partial charge in [-0.05, 0) is 29.7 Å². The Kier molecular flexibility index (Phi) is 3.93. The third-order valence-electron chi connectivity index (χ3n) is 3.92. The molecule has 1 atom stereocenters. The highest BCUT2D eigenvalue weighted by molar-refractivity contribution is 7.61. The number of benzene rings is 2. The van der Waals surface area contributed by atoms with Crippen molar-refractivity contribution in [1.82, 2.24) is 0 Å². The first-order valence-corrected chi connectivity index (χ1v) is 8.74. The summed E-state index contributed by atoms with van der Waals surface area (Å²) in [5.41, 5.74) is 0. The molecule has 2 aromatic rings. The summed E-state index contributed by atoms with van der Waals surface area (Å²) in [6.07, 6.45) is 5.05. The minimum Gasteiger partial charge on any atom is -0.321 e. The van der Waals surface area contributed by atoms with Crippen LogP contribution in [0.2, 0.25) is 0 Å². The zero-order valence-electron chi connectivity index (χ0n) is 11.4. The fraction of sp³-hybridized carbons (Fsp3) is 0.375. The number of rotatable bonds is 3. The smallest absolute Gasteiger partial charge is 0.321 e. The molecule has 2 aromatic carbocycles. The van der Waals surface area contributed by atoms with Crippen LogP contribution in [0.25, 0.3) is 10.8 Å². The van der Waals surface area contributed by atoms with Gasteiger partial charge in [0.05, 0.1) is 11.4 Å². The van der Waals surface area contributed by atoms with Gasteiger partial charge in [-0.25, -0.2) is 0 Å². The van der Waals surface area contributed by atoms with E-state index in [9.17, 15) is 9.46 Å². The number of fused-ring (bicyclic) bond motifs is 1. The van der Waals surface area contributed by atoms with E-state index < -0.39 is 7.60 Å². The molecule has 1 saturated carbocycles. The Morgan fingerprint density at radius 2 is 1.70 bits per heavy atom. The summed E-state index contributed by atoms with van der Waals surface area (Å²) in [5, 5.41) is 2.18. The van der Waals surface area contributed by atoms with Crippen LogP contribution in [0.15, 0.2) is 42.5 Å². The molecule has 3 nitrogen and oxygen atoms in total. The van der Waals surface area contributed by atoms with Crippen LogP contribution in [0.4, 0.5) is 0 Å². The van der Waals surface area contributed by atoms with E-state index in [1.165, 1.54) is 6.42 Å². The second kappa shape index (κ2) is 5.69. The van der Waals surface area contributed by atoms with Crippen LogP contribution in [0.1, 0.15) is 32.1 Å². The van der Waals surface area contributed by atoms with Gasteiger partial charge in [-0.3, -0.25) is 4.57 Å². The van der Waals surface area contributed by atoms with Crippen LogP contribution in [-0.2, 0) is 9.09 Å². The molecule has 0 saturated heterocycles. The molecular formula is C16H19O3P. The summed E-state index contributed by atoms with van der Waals surface area (Å²) < 4.78 is 18.2. The Morgan fingerprint density at radius 3 is 2.50 bits per heavy atom. The summed E-state index contributed by atoms with van der Waals surface area (Å²) >= 11 is 0. The Hall–Kier alpha value is -1.15. The Morgan fingerprint density at radius 1 is 1.00 bits per heavy atom. The molecule has 4 heteroatoms. The summed E-state index contributed by atoms with van der Waals surface area (Å²) in [6.45, 7) is 0. The third kappa shape index (κ3) is 2.80. The topological polar surface area (TPSA) is 46.5 Å². The van der Waals surface area contributed by atoms with Crippen molar-refractivity contribution in [1.29, 1.82) is 0 Å². The maximum absolute atomic E-state index is 12.6. The van der Waals surface area contributed by atoms with Gasteiger partial charge in [0.15, 0.2) is 0 Å². The zero-order valence-corrected chi connectivity index (χ0v) is 12.3. The van der Waals surface area contributed by atoms with Crippen LogP contribution < -0.4 is 5.30 Å². The Bertz CT molecular complexity index is 642. The quantitative estimate of drug-likeness (QED) is 0.869. The molecule has 0 amide bonds. The maximum atomic E-state index is 12.6. The molecule has 0 radical (unpaired) electrons. The first-order valence-electron chi connectivity index (χ1n) is 7.16. The van der Waals surface area contributed by atoms with E-state index in [4.69, 9.17) is 4.52 Å². The van der Waals surface area contributed by atoms with E-state index in [-0.39, 0.29) is 6.10 Å². The van der Waals surface area contributed by atoms with E-state index in [0.717, 1.165) is 36.5 Å². The molecule has 1 aliphatic rings. The largest absolute Gasteiger partial charge is 0.359 e. The molecule has 1 aliphatic carbocycles. The lowest BCUT2D eigenvalue weighted by atomic mass is 9.98. The lowest BCUT2D eigenvalue weighted by Gasteiger charge is -2.25. The fourth-order valence-corrected chi connectivity index (χ4v) is 4.40. The Balaban J connectivity index is 1.94. The van der Waals surface area contributed by atoms with E-state index in [1.54, 1.807) is 6.07 Å². The summed E-state index contributed by atoms with van der Waals surface area (Å²) in [6, 6.07) is 13.1. The maximum Gasteiger partial charge on any atom is 0.359 e. The van der Waals surface area contributed by atoms with Crippen molar-refractivity contribution >= 4 is 23.7 Å². The third-order valence-corrected chi connectivity index (χ3v) is 5.50. The van der Waals surface area contributed by atoms with E-state index in [1.807, 2.05) is 36.4 Å². The lowest BCUT2D eigenvalue weighted by Crippen LogP contribution is -2.19. The highest BCUT2D eigenvalue weighted by Crippen LogP contribution is 2.46. The van der Waals surface area contributed by atoms with Gasteiger partial charge in [0.2, 0.25) is 0 Å². The van der Waals surface area contributed by atoms with Crippen molar-refractivity contribution in [2.24, 2.45) is 0 Å². The average molecular weight is 290 g/mol. The van der Waals surface area contributed by atoms with Crippen molar-refractivity contribution in [3.63, 3.8) is 0 Å². The monoisotopic (exact) mass is 290 g/mol. The van der Waals surface area contributed by atoms with Gasteiger partial charge in [-0.2, -0.15) is 0 Å². The fourth-order valence-electron chi connectivity index (χ4n) is 2.88. The van der Waals surface area contributed by atoms with Gasteiger partial charge in [-0.1, -0.05) is 55.7 Å². The van der Waals surface area contributed by atoms with Crippen LogP contribution >= 0.6 is 7.60 Å². The van der Waals surface area contributed by atoms with Gasteiger partial charge < -0.3 is 9.42 Å². The number of hydrogen-bond donors (Lipinski definition) is 1. The minimum atomic E-state index is -3.76. The van der Waals surface area contributed by atoms with Crippen LogP contribution in [-0.4, -0.2) is 11.0 Å². The second-order valence-corrected chi connectivity index (χ2v) is 7.12. The van der Waals surface area contributed by atoms with Crippen molar-refractivity contribution < 1.29 is 14.0 Å². The highest BCUT2D eigenvalue weighted by Gasteiger charge is 2.29. The minimum absolute atomic E-state index is 0.0847. The molecule has 0 heterocycles. The van der Waals surface area contributed by atoms with Gasteiger partial charge in [-0.15, -0.1) is 0 Å². The van der Waals surface area contributed by atoms with Gasteiger partial charge in [0.1, 0.15) is 0 Å². The molecule has 1 unspecified atom stereocenters. The molecule has 0 bridgehead atoms. The average Bonchev–Trinajstić information content (AvgIpc) is 2.47. The van der Waals surface area contributed by atoms with E-state index >= 15 is 0 Å². The van der Waals surface area contributed by atoms with Gasteiger partial charge in [0, 0.05) is 0 Å². The molecule has 0 spiro atoms. The van der Waals surface area contributed by atoms with Crippen molar-refractivity contribution in [3.05, 3.63) is 42.5 Å². The van der Waals surface area contributed by atoms with Crippen molar-refractivity contribution in [2.45, 2.75) is 38.2 Å². The van der Waals surface area contributed by atoms with Crippen molar-refractivity contribution in [3.8, 4) is 0 Å². The molecule has 0 aromatic heterocycles. The highest BCUT2D eigenvalue weighted by atomic mass is 31.2. The molecule has 1 fully saturated rings. The molecule has 3 rings (SSSR count). The zero-order chi connectivity index (χ0) is 14.0. The number of hydrogen-bond acceptors (Lipinski definition) is 2. The second-order valence-electron chi connectivity index (χ2n) is 5.38.